The maximum atomic E-state index is 12.6. The largest absolute Gasteiger partial charge is 0.436 e. The molecule has 1 aliphatic heterocycles. The van der Waals surface area contributed by atoms with E-state index in [1.807, 2.05) is 0 Å². The van der Waals surface area contributed by atoms with Crippen LogP contribution >= 0.6 is 0 Å². The SMILES string of the molecule is CC(C)[C@H](OC(N)=O)C(=O)N1CCN(C(=O)c2ccc(C(F)(F)F)cc2)CC1. The van der Waals surface area contributed by atoms with Crippen molar-refractivity contribution in [3.05, 3.63) is 35.4 Å². The van der Waals surface area contributed by atoms with Crippen molar-refractivity contribution in [2.75, 3.05) is 26.2 Å². The Morgan fingerprint density at radius 2 is 1.50 bits per heavy atom. The molecule has 1 aromatic rings. The molecule has 28 heavy (non-hydrogen) atoms. The lowest BCUT2D eigenvalue weighted by molar-refractivity contribution is -0.144. The summed E-state index contributed by atoms with van der Waals surface area (Å²) in [6, 6.07) is 4.00. The Balaban J connectivity index is 1.98. The van der Waals surface area contributed by atoms with Gasteiger partial charge >= 0.3 is 12.3 Å². The third-order valence-corrected chi connectivity index (χ3v) is 4.43. The molecule has 1 aliphatic rings. The van der Waals surface area contributed by atoms with Gasteiger partial charge in [0.25, 0.3) is 11.8 Å². The van der Waals surface area contributed by atoms with E-state index in [9.17, 15) is 27.6 Å². The molecule has 2 N–H and O–H groups in total. The number of alkyl halides is 3. The zero-order valence-corrected chi connectivity index (χ0v) is 15.5. The molecule has 0 bridgehead atoms. The van der Waals surface area contributed by atoms with E-state index in [0.717, 1.165) is 24.3 Å². The van der Waals surface area contributed by atoms with E-state index in [1.165, 1.54) is 9.80 Å². The van der Waals surface area contributed by atoms with Gasteiger partial charge in [-0.1, -0.05) is 13.8 Å². The summed E-state index contributed by atoms with van der Waals surface area (Å²) in [6.45, 7) is 4.30. The fourth-order valence-electron chi connectivity index (χ4n) is 2.89. The quantitative estimate of drug-likeness (QED) is 0.836. The van der Waals surface area contributed by atoms with Gasteiger partial charge in [0.1, 0.15) is 0 Å². The number of rotatable bonds is 4. The average molecular weight is 401 g/mol. The first-order valence-corrected chi connectivity index (χ1v) is 8.72. The van der Waals surface area contributed by atoms with Crippen LogP contribution in [0.3, 0.4) is 0 Å². The van der Waals surface area contributed by atoms with Crippen LogP contribution in [-0.2, 0) is 15.7 Å². The second-order valence-electron chi connectivity index (χ2n) is 6.79. The number of nitrogens with two attached hydrogens (primary N) is 1. The second kappa shape index (κ2) is 8.49. The summed E-state index contributed by atoms with van der Waals surface area (Å²) in [7, 11) is 0. The summed E-state index contributed by atoms with van der Waals surface area (Å²) in [5.74, 6) is -1.07. The maximum absolute atomic E-state index is 12.6. The minimum absolute atomic E-state index is 0.143. The molecule has 0 aliphatic carbocycles. The number of carbonyl (C=O) groups excluding carboxylic acids is 3. The van der Waals surface area contributed by atoms with Gasteiger partial charge in [-0.15, -0.1) is 0 Å². The lowest BCUT2D eigenvalue weighted by Gasteiger charge is -2.36. The number of hydrogen-bond donors (Lipinski definition) is 1. The summed E-state index contributed by atoms with van der Waals surface area (Å²) in [5.41, 5.74) is 4.33. The molecule has 1 saturated heterocycles. The van der Waals surface area contributed by atoms with Gasteiger partial charge in [0.15, 0.2) is 6.10 Å². The fourth-order valence-corrected chi connectivity index (χ4v) is 2.89. The van der Waals surface area contributed by atoms with Crippen LogP contribution in [0.4, 0.5) is 18.0 Å². The van der Waals surface area contributed by atoms with Crippen LogP contribution < -0.4 is 5.73 Å². The first-order chi connectivity index (χ1) is 13.0. The molecule has 3 amide bonds. The zero-order chi connectivity index (χ0) is 21.1. The van der Waals surface area contributed by atoms with Crippen molar-refractivity contribution in [1.29, 1.82) is 0 Å². The maximum Gasteiger partial charge on any atom is 0.416 e. The standard InChI is InChI=1S/C18H22F3N3O4/c1-11(2)14(28-17(22)27)16(26)24-9-7-23(8-10-24)15(25)12-3-5-13(6-4-12)18(19,20)21/h3-6,11,14H,7-10H2,1-2H3,(H2,22,27)/t14-/m0/s1. The number of benzene rings is 1. The molecule has 1 atom stereocenters. The fraction of sp³-hybridized carbons (Fsp3) is 0.500. The monoisotopic (exact) mass is 401 g/mol. The van der Waals surface area contributed by atoms with Gasteiger partial charge in [0, 0.05) is 31.7 Å². The van der Waals surface area contributed by atoms with Crippen LogP contribution in [0.2, 0.25) is 0 Å². The van der Waals surface area contributed by atoms with Crippen molar-refractivity contribution in [1.82, 2.24) is 9.80 Å². The van der Waals surface area contributed by atoms with Gasteiger partial charge in [0.05, 0.1) is 5.56 Å². The van der Waals surface area contributed by atoms with Gasteiger partial charge in [-0.25, -0.2) is 4.79 Å². The third-order valence-electron chi connectivity index (χ3n) is 4.43. The van der Waals surface area contributed by atoms with E-state index < -0.39 is 35.8 Å². The number of amides is 3. The Kier molecular flexibility index (Phi) is 6.52. The molecule has 10 heteroatoms. The lowest BCUT2D eigenvalue weighted by atomic mass is 10.1. The predicted octanol–water partition coefficient (Wildman–Crippen LogP) is 2.11. The zero-order valence-electron chi connectivity index (χ0n) is 15.5. The Bertz CT molecular complexity index is 727. The highest BCUT2D eigenvalue weighted by atomic mass is 19.4. The van der Waals surface area contributed by atoms with Gasteiger partial charge < -0.3 is 20.3 Å². The second-order valence-corrected chi connectivity index (χ2v) is 6.79. The highest BCUT2D eigenvalue weighted by molar-refractivity contribution is 5.94. The molecule has 1 heterocycles. The van der Waals surface area contributed by atoms with Crippen LogP contribution in [0, 0.1) is 5.92 Å². The number of halogens is 3. The topological polar surface area (TPSA) is 92.9 Å². The number of carbonyl (C=O) groups is 3. The molecule has 154 valence electrons. The van der Waals surface area contributed by atoms with E-state index in [4.69, 9.17) is 10.5 Å². The summed E-state index contributed by atoms with van der Waals surface area (Å²) in [6.07, 6.45) is -6.51. The first kappa shape index (κ1) is 21.5. The number of ether oxygens (including phenoxy) is 1. The van der Waals surface area contributed by atoms with Crippen molar-refractivity contribution in [2.45, 2.75) is 26.1 Å². The number of nitrogens with zero attached hydrogens (tertiary/aromatic N) is 2. The molecular formula is C18H22F3N3O4. The Hall–Kier alpha value is -2.78. The number of hydrogen-bond acceptors (Lipinski definition) is 4. The first-order valence-electron chi connectivity index (χ1n) is 8.72. The van der Waals surface area contributed by atoms with E-state index in [-0.39, 0.29) is 37.7 Å². The van der Waals surface area contributed by atoms with Crippen LogP contribution in [0.5, 0.6) is 0 Å². The summed E-state index contributed by atoms with van der Waals surface area (Å²) in [4.78, 5) is 38.9. The highest BCUT2D eigenvalue weighted by Crippen LogP contribution is 2.29. The van der Waals surface area contributed by atoms with Gasteiger partial charge in [-0.3, -0.25) is 9.59 Å². The molecule has 2 rings (SSSR count). The van der Waals surface area contributed by atoms with E-state index >= 15 is 0 Å². The van der Waals surface area contributed by atoms with E-state index in [1.54, 1.807) is 13.8 Å². The van der Waals surface area contributed by atoms with Gasteiger partial charge in [0.2, 0.25) is 0 Å². The van der Waals surface area contributed by atoms with Crippen LogP contribution in [0.25, 0.3) is 0 Å². The Labute approximate surface area is 160 Å². The molecule has 0 aromatic heterocycles. The Morgan fingerprint density at radius 3 is 1.93 bits per heavy atom. The normalized spacial score (nSPS) is 16.1. The number of piperazine rings is 1. The molecule has 7 nitrogen and oxygen atoms in total. The van der Waals surface area contributed by atoms with Gasteiger partial charge in [-0.2, -0.15) is 13.2 Å². The van der Waals surface area contributed by atoms with Gasteiger partial charge in [-0.05, 0) is 30.2 Å². The van der Waals surface area contributed by atoms with Crippen molar-refractivity contribution in [3.63, 3.8) is 0 Å². The highest BCUT2D eigenvalue weighted by Gasteiger charge is 2.33. The lowest BCUT2D eigenvalue weighted by Crippen LogP contribution is -2.54. The average Bonchev–Trinajstić information content (AvgIpc) is 2.64. The smallest absolute Gasteiger partial charge is 0.416 e. The molecule has 1 aromatic carbocycles. The van der Waals surface area contributed by atoms with E-state index in [0.29, 0.717) is 0 Å². The Morgan fingerprint density at radius 1 is 1.00 bits per heavy atom. The predicted molar refractivity (Wildman–Crippen MR) is 93.2 cm³/mol. The third kappa shape index (κ3) is 5.14. The summed E-state index contributed by atoms with van der Waals surface area (Å²) < 4.78 is 42.8. The number of primary amides is 1. The minimum Gasteiger partial charge on any atom is -0.436 e. The molecule has 0 unspecified atom stereocenters. The molecule has 0 radical (unpaired) electrons. The summed E-state index contributed by atoms with van der Waals surface area (Å²) >= 11 is 0. The van der Waals surface area contributed by atoms with Crippen LogP contribution in [-0.4, -0.2) is 60.0 Å². The minimum atomic E-state index is -4.46. The van der Waals surface area contributed by atoms with Crippen LogP contribution in [0.1, 0.15) is 29.8 Å². The van der Waals surface area contributed by atoms with Crippen molar-refractivity contribution in [3.8, 4) is 0 Å². The molecule has 0 saturated carbocycles. The van der Waals surface area contributed by atoms with Crippen LogP contribution in [0.15, 0.2) is 24.3 Å². The van der Waals surface area contributed by atoms with Crippen molar-refractivity contribution >= 4 is 17.9 Å². The van der Waals surface area contributed by atoms with Crippen molar-refractivity contribution in [2.24, 2.45) is 11.7 Å². The van der Waals surface area contributed by atoms with E-state index in [2.05, 4.69) is 0 Å². The van der Waals surface area contributed by atoms with Crippen molar-refractivity contribution < 1.29 is 32.3 Å². The molecule has 1 fully saturated rings. The molecule has 0 spiro atoms. The summed E-state index contributed by atoms with van der Waals surface area (Å²) in [5, 5.41) is 0. The molecular weight excluding hydrogens is 379 g/mol.